The summed E-state index contributed by atoms with van der Waals surface area (Å²) < 4.78 is 31.3. The summed E-state index contributed by atoms with van der Waals surface area (Å²) in [6.07, 6.45) is 2.48. The van der Waals surface area contributed by atoms with Crippen LogP contribution in [-0.4, -0.2) is 47.1 Å². The van der Waals surface area contributed by atoms with Crippen LogP contribution in [0.4, 0.5) is 0 Å². The molecule has 0 amide bonds. The predicted octanol–water partition coefficient (Wildman–Crippen LogP) is 0.905. The number of aromatic nitrogens is 2. The van der Waals surface area contributed by atoms with Crippen molar-refractivity contribution in [3.8, 4) is 0 Å². The highest BCUT2D eigenvalue weighted by Gasteiger charge is 2.41. The van der Waals surface area contributed by atoms with Crippen molar-refractivity contribution < 1.29 is 17.9 Å². The number of nitrogens with one attached hydrogen (secondary N) is 1. The molecule has 0 bridgehead atoms. The molecule has 8 heteroatoms. The van der Waals surface area contributed by atoms with E-state index in [1.807, 2.05) is 0 Å². The van der Waals surface area contributed by atoms with Crippen LogP contribution in [0.15, 0.2) is 17.3 Å². The fraction of sp³-hybridized carbons (Fsp3) is 0.667. The molecule has 0 saturated carbocycles. The number of rotatable bonds is 3. The van der Waals surface area contributed by atoms with Gasteiger partial charge >= 0.3 is 5.97 Å². The quantitative estimate of drug-likeness (QED) is 0.838. The average Bonchev–Trinajstić information content (AvgIpc) is 2.99. The van der Waals surface area contributed by atoms with E-state index in [2.05, 4.69) is 10.2 Å². The lowest BCUT2D eigenvalue weighted by Crippen LogP contribution is -2.43. The summed E-state index contributed by atoms with van der Waals surface area (Å²) in [4.78, 5) is 12.1. The van der Waals surface area contributed by atoms with E-state index < -0.39 is 27.6 Å². The second-order valence-electron chi connectivity index (χ2n) is 5.73. The molecule has 1 aliphatic rings. The molecule has 1 N–H and O–H groups in total. The van der Waals surface area contributed by atoms with Gasteiger partial charge in [0.1, 0.15) is 11.6 Å². The first-order valence-electron chi connectivity index (χ1n) is 6.46. The SMILES string of the molecule is CC(C)(C)OC(=O)[C@H]1CCCN1S(=O)(=O)c1ccn[nH]1. The molecular weight excluding hydrogens is 282 g/mol. The number of ether oxygens (including phenoxy) is 1. The number of nitrogens with zero attached hydrogens (tertiary/aromatic N) is 2. The number of hydrogen-bond acceptors (Lipinski definition) is 5. The Morgan fingerprint density at radius 3 is 2.75 bits per heavy atom. The third kappa shape index (κ3) is 3.01. The number of hydrogen-bond donors (Lipinski definition) is 1. The summed E-state index contributed by atoms with van der Waals surface area (Å²) in [5, 5.41) is 6.07. The van der Waals surface area contributed by atoms with Gasteiger partial charge in [0.2, 0.25) is 0 Å². The molecule has 0 aromatic carbocycles. The van der Waals surface area contributed by atoms with Gasteiger partial charge in [0.15, 0.2) is 5.03 Å². The van der Waals surface area contributed by atoms with Crippen molar-refractivity contribution >= 4 is 16.0 Å². The van der Waals surface area contributed by atoms with E-state index in [4.69, 9.17) is 4.74 Å². The molecule has 1 aliphatic heterocycles. The minimum atomic E-state index is -3.73. The predicted molar refractivity (Wildman–Crippen MR) is 71.3 cm³/mol. The fourth-order valence-corrected chi connectivity index (χ4v) is 3.70. The molecule has 1 aromatic rings. The minimum Gasteiger partial charge on any atom is -0.459 e. The van der Waals surface area contributed by atoms with E-state index in [0.29, 0.717) is 19.4 Å². The molecule has 1 aromatic heterocycles. The van der Waals surface area contributed by atoms with Gasteiger partial charge in [-0.1, -0.05) is 0 Å². The van der Waals surface area contributed by atoms with Crippen LogP contribution < -0.4 is 0 Å². The zero-order valence-corrected chi connectivity index (χ0v) is 12.6. The maximum Gasteiger partial charge on any atom is 0.324 e. The lowest BCUT2D eigenvalue weighted by molar-refractivity contribution is -0.158. The summed E-state index contributed by atoms with van der Waals surface area (Å²) in [5.41, 5.74) is -0.636. The topological polar surface area (TPSA) is 92.4 Å². The van der Waals surface area contributed by atoms with Crippen LogP contribution in [0.1, 0.15) is 33.6 Å². The highest BCUT2D eigenvalue weighted by atomic mass is 32.2. The number of sulfonamides is 1. The average molecular weight is 301 g/mol. The molecule has 0 radical (unpaired) electrons. The maximum absolute atomic E-state index is 12.4. The van der Waals surface area contributed by atoms with Crippen molar-refractivity contribution in [1.82, 2.24) is 14.5 Å². The molecule has 112 valence electrons. The molecule has 0 spiro atoms. The first-order valence-corrected chi connectivity index (χ1v) is 7.90. The molecule has 1 atom stereocenters. The van der Waals surface area contributed by atoms with Crippen LogP contribution in [0, 0.1) is 0 Å². The number of H-pyrrole nitrogens is 1. The molecule has 1 saturated heterocycles. The van der Waals surface area contributed by atoms with Gasteiger partial charge < -0.3 is 4.74 Å². The summed E-state index contributed by atoms with van der Waals surface area (Å²) in [7, 11) is -3.73. The van der Waals surface area contributed by atoms with Crippen molar-refractivity contribution in [3.05, 3.63) is 12.3 Å². The molecule has 2 rings (SSSR count). The van der Waals surface area contributed by atoms with Gasteiger partial charge in [0.05, 0.1) is 6.20 Å². The Morgan fingerprint density at radius 1 is 1.50 bits per heavy atom. The fourth-order valence-electron chi connectivity index (χ4n) is 2.15. The zero-order valence-electron chi connectivity index (χ0n) is 11.8. The molecule has 2 heterocycles. The third-order valence-electron chi connectivity index (χ3n) is 2.94. The number of carbonyl (C=O) groups is 1. The van der Waals surface area contributed by atoms with Crippen LogP contribution in [0.2, 0.25) is 0 Å². The van der Waals surface area contributed by atoms with Crippen LogP contribution in [0.3, 0.4) is 0 Å². The summed E-state index contributed by atoms with van der Waals surface area (Å²) in [5.74, 6) is -0.502. The zero-order chi connectivity index (χ0) is 15.0. The third-order valence-corrected chi connectivity index (χ3v) is 4.78. The summed E-state index contributed by atoms with van der Waals surface area (Å²) in [6, 6.07) is 0.613. The van der Waals surface area contributed by atoms with E-state index in [1.165, 1.54) is 16.6 Å². The Hall–Kier alpha value is -1.41. The Labute approximate surface area is 118 Å². The number of esters is 1. The molecule has 0 unspecified atom stereocenters. The van der Waals surface area contributed by atoms with E-state index in [9.17, 15) is 13.2 Å². The first-order chi connectivity index (χ1) is 9.22. The van der Waals surface area contributed by atoms with Gasteiger partial charge in [-0.05, 0) is 39.7 Å². The van der Waals surface area contributed by atoms with Crippen molar-refractivity contribution in [2.75, 3.05) is 6.54 Å². The Morgan fingerprint density at radius 2 is 2.20 bits per heavy atom. The standard InChI is InChI=1S/C12H19N3O4S/c1-12(2,3)19-11(16)9-5-4-8-15(9)20(17,18)10-6-7-13-14-10/h6-7,9H,4-5,8H2,1-3H3,(H,13,14)/t9-/m1/s1. The number of aromatic amines is 1. The van der Waals surface area contributed by atoms with Crippen LogP contribution in [-0.2, 0) is 19.6 Å². The van der Waals surface area contributed by atoms with Gasteiger partial charge in [-0.25, -0.2) is 8.42 Å². The largest absolute Gasteiger partial charge is 0.459 e. The smallest absolute Gasteiger partial charge is 0.324 e. The van der Waals surface area contributed by atoms with Crippen molar-refractivity contribution in [3.63, 3.8) is 0 Å². The van der Waals surface area contributed by atoms with Gasteiger partial charge in [-0.15, -0.1) is 0 Å². The Kier molecular flexibility index (Phi) is 3.88. The first kappa shape index (κ1) is 15.0. The van der Waals surface area contributed by atoms with E-state index in [1.54, 1.807) is 20.8 Å². The highest BCUT2D eigenvalue weighted by molar-refractivity contribution is 7.89. The van der Waals surface area contributed by atoms with Crippen LogP contribution in [0.25, 0.3) is 0 Å². The maximum atomic E-state index is 12.4. The number of carbonyl (C=O) groups excluding carboxylic acids is 1. The van der Waals surface area contributed by atoms with Gasteiger partial charge in [0, 0.05) is 6.54 Å². The minimum absolute atomic E-state index is 0.00652. The van der Waals surface area contributed by atoms with Gasteiger partial charge in [-0.3, -0.25) is 9.89 Å². The van der Waals surface area contributed by atoms with Crippen LogP contribution >= 0.6 is 0 Å². The molecular formula is C12H19N3O4S. The van der Waals surface area contributed by atoms with Crippen molar-refractivity contribution in [2.24, 2.45) is 0 Å². The van der Waals surface area contributed by atoms with E-state index in [0.717, 1.165) is 0 Å². The molecule has 0 aliphatic carbocycles. The second kappa shape index (κ2) is 5.17. The summed E-state index contributed by atoms with van der Waals surface area (Å²) >= 11 is 0. The Bertz CT molecular complexity index is 574. The highest BCUT2D eigenvalue weighted by Crippen LogP contribution is 2.26. The molecule has 20 heavy (non-hydrogen) atoms. The molecule has 1 fully saturated rings. The Balaban J connectivity index is 2.22. The normalized spacial score (nSPS) is 21.1. The van der Waals surface area contributed by atoms with Crippen molar-refractivity contribution in [1.29, 1.82) is 0 Å². The second-order valence-corrected chi connectivity index (χ2v) is 7.59. The van der Waals surface area contributed by atoms with Gasteiger partial charge in [-0.2, -0.15) is 9.40 Å². The monoisotopic (exact) mass is 301 g/mol. The van der Waals surface area contributed by atoms with Gasteiger partial charge in [0.25, 0.3) is 10.0 Å². The van der Waals surface area contributed by atoms with E-state index in [-0.39, 0.29) is 5.03 Å². The van der Waals surface area contributed by atoms with Crippen LogP contribution in [0.5, 0.6) is 0 Å². The van der Waals surface area contributed by atoms with Crippen molar-refractivity contribution in [2.45, 2.75) is 50.3 Å². The lowest BCUT2D eigenvalue weighted by Gasteiger charge is -2.26. The summed E-state index contributed by atoms with van der Waals surface area (Å²) in [6.45, 7) is 5.58. The lowest BCUT2D eigenvalue weighted by atomic mass is 10.2. The van der Waals surface area contributed by atoms with E-state index >= 15 is 0 Å². The molecule has 7 nitrogen and oxygen atoms in total.